The van der Waals surface area contributed by atoms with E-state index in [1.165, 1.54) is 300 Å². The van der Waals surface area contributed by atoms with Gasteiger partial charge in [-0.1, -0.05) is 277 Å². The van der Waals surface area contributed by atoms with Crippen molar-refractivity contribution in [1.29, 1.82) is 0 Å². The van der Waals surface area contributed by atoms with Crippen LogP contribution in [0.25, 0.3) is 0 Å². The lowest BCUT2D eigenvalue weighted by Crippen LogP contribution is -1.94. The lowest BCUT2D eigenvalue weighted by molar-refractivity contribution is 0.518. The summed E-state index contributed by atoms with van der Waals surface area (Å²) < 4.78 is 0. The number of nitrogens with zero attached hydrogens (tertiary/aromatic N) is 1. The van der Waals surface area contributed by atoms with Crippen LogP contribution in [-0.2, 0) is 12.8 Å². The van der Waals surface area contributed by atoms with E-state index in [4.69, 9.17) is 4.98 Å². The molecule has 0 fully saturated rings. The van der Waals surface area contributed by atoms with E-state index in [0.29, 0.717) is 0 Å². The van der Waals surface area contributed by atoms with Gasteiger partial charge in [-0.3, -0.25) is 4.98 Å². The molecule has 1 aromatic rings. The molecule has 0 saturated heterocycles. The number of aryl methyl sites for hydroxylation is 2. The molecule has 0 amide bonds. The van der Waals surface area contributed by atoms with Crippen molar-refractivity contribution in [3.8, 4) is 0 Å². The Labute approximate surface area is 336 Å². The highest BCUT2D eigenvalue weighted by Crippen LogP contribution is 2.18. The average Bonchev–Trinajstić information content (AvgIpc) is 3.17. The van der Waals surface area contributed by atoms with Gasteiger partial charge < -0.3 is 0 Å². The van der Waals surface area contributed by atoms with Gasteiger partial charge in [0, 0.05) is 11.9 Å². The molecule has 0 radical (unpaired) electrons. The Bertz CT molecular complexity index is 800. The first-order valence-electron chi connectivity index (χ1n) is 25.3. The van der Waals surface area contributed by atoms with Crippen molar-refractivity contribution >= 4 is 0 Å². The Balaban J connectivity index is 1.78. The summed E-state index contributed by atoms with van der Waals surface area (Å²) in [5.74, 6) is 0. The molecule has 0 spiro atoms. The molecule has 53 heavy (non-hydrogen) atoms. The number of hydrogen-bond acceptors (Lipinski definition) is 1. The van der Waals surface area contributed by atoms with Crippen molar-refractivity contribution in [1.82, 2.24) is 4.98 Å². The maximum Gasteiger partial charge on any atom is 0.0406 e. The molecule has 0 aliphatic carbocycles. The Morgan fingerprint density at radius 3 is 0.774 bits per heavy atom. The van der Waals surface area contributed by atoms with Crippen LogP contribution in [0.15, 0.2) is 18.3 Å². The third kappa shape index (κ3) is 39.2. The van der Waals surface area contributed by atoms with Crippen LogP contribution in [-0.4, -0.2) is 4.98 Å². The zero-order valence-electron chi connectivity index (χ0n) is 37.0. The highest BCUT2D eigenvalue weighted by atomic mass is 14.7. The topological polar surface area (TPSA) is 12.9 Å². The fraction of sp³-hybridized carbons (Fsp3) is 0.904. The number of rotatable bonds is 45. The SMILES string of the molecule is CCCCCCCCCCCCCCCCCCCCCCCCCc1ccnc(CCCCCCCCCCCCCCCCCCCCCC)c1. The summed E-state index contributed by atoms with van der Waals surface area (Å²) >= 11 is 0. The van der Waals surface area contributed by atoms with Gasteiger partial charge in [0.2, 0.25) is 0 Å². The normalized spacial score (nSPS) is 11.6. The van der Waals surface area contributed by atoms with E-state index >= 15 is 0 Å². The Kier molecular flexibility index (Phi) is 41.5. The van der Waals surface area contributed by atoms with Crippen LogP contribution < -0.4 is 0 Å². The first-order chi connectivity index (χ1) is 26.4. The smallest absolute Gasteiger partial charge is 0.0406 e. The molecule has 0 atom stereocenters. The van der Waals surface area contributed by atoms with Crippen LogP contribution >= 0.6 is 0 Å². The number of unbranched alkanes of at least 4 members (excludes halogenated alkanes) is 41. The van der Waals surface area contributed by atoms with E-state index in [1.54, 1.807) is 0 Å². The molecule has 0 unspecified atom stereocenters. The van der Waals surface area contributed by atoms with Gasteiger partial charge >= 0.3 is 0 Å². The molecule has 0 bridgehead atoms. The lowest BCUT2D eigenvalue weighted by atomic mass is 10.0. The molecule has 1 heterocycles. The van der Waals surface area contributed by atoms with E-state index in [2.05, 4.69) is 32.2 Å². The Hall–Kier alpha value is -0.850. The fourth-order valence-electron chi connectivity index (χ4n) is 8.50. The van der Waals surface area contributed by atoms with Gasteiger partial charge in [-0.2, -0.15) is 0 Å². The molecule has 1 rings (SSSR count). The number of aromatic nitrogens is 1. The molecule has 0 saturated carbocycles. The van der Waals surface area contributed by atoms with Crippen LogP contribution in [0.4, 0.5) is 0 Å². The van der Waals surface area contributed by atoms with Gasteiger partial charge in [0.05, 0.1) is 0 Å². The summed E-state index contributed by atoms with van der Waals surface area (Å²) in [6.07, 6.45) is 67.0. The predicted octanol–water partition coefficient (Wildman–Crippen LogP) is 19.0. The maximum atomic E-state index is 4.70. The minimum Gasteiger partial charge on any atom is -0.261 e. The van der Waals surface area contributed by atoms with Crippen LogP contribution in [0.1, 0.15) is 301 Å². The Morgan fingerprint density at radius 1 is 0.283 bits per heavy atom. The zero-order chi connectivity index (χ0) is 37.8. The van der Waals surface area contributed by atoms with Gasteiger partial charge in [0.1, 0.15) is 0 Å². The fourth-order valence-corrected chi connectivity index (χ4v) is 8.50. The van der Waals surface area contributed by atoms with Crippen molar-refractivity contribution in [3.05, 3.63) is 29.6 Å². The standard InChI is InChI=1S/C52H99N/c1-3-5-7-9-11-13-15-17-19-21-23-25-26-27-28-30-32-34-36-38-40-42-44-46-51-48-49-53-52(50-51)47-45-43-41-39-37-35-33-31-29-24-22-20-18-16-14-12-10-8-6-4-2/h48-50H,3-47H2,1-2H3. The molecule has 312 valence electrons. The minimum atomic E-state index is 1.17. The third-order valence-electron chi connectivity index (χ3n) is 12.2. The largest absolute Gasteiger partial charge is 0.261 e. The first-order valence-corrected chi connectivity index (χ1v) is 25.3. The third-order valence-corrected chi connectivity index (χ3v) is 12.2. The molecule has 1 heteroatoms. The van der Waals surface area contributed by atoms with E-state index in [1.807, 2.05) is 0 Å². The zero-order valence-corrected chi connectivity index (χ0v) is 37.0. The van der Waals surface area contributed by atoms with Crippen molar-refractivity contribution in [2.45, 2.75) is 303 Å². The lowest BCUT2D eigenvalue weighted by Gasteiger charge is -2.06. The summed E-state index contributed by atoms with van der Waals surface area (Å²) in [7, 11) is 0. The van der Waals surface area contributed by atoms with Gasteiger partial charge in [-0.25, -0.2) is 0 Å². The van der Waals surface area contributed by atoms with Crippen LogP contribution in [0.5, 0.6) is 0 Å². The maximum absolute atomic E-state index is 4.70. The van der Waals surface area contributed by atoms with E-state index in [-0.39, 0.29) is 0 Å². The molecular weight excluding hydrogens is 639 g/mol. The highest BCUT2D eigenvalue weighted by Gasteiger charge is 2.01. The quantitative estimate of drug-likeness (QED) is 0.0607. The van der Waals surface area contributed by atoms with Gasteiger partial charge in [0.25, 0.3) is 0 Å². The molecule has 0 aliphatic heterocycles. The van der Waals surface area contributed by atoms with E-state index in [9.17, 15) is 0 Å². The summed E-state index contributed by atoms with van der Waals surface area (Å²) in [6.45, 7) is 4.62. The minimum absolute atomic E-state index is 1.17. The van der Waals surface area contributed by atoms with Crippen LogP contribution in [0, 0.1) is 0 Å². The summed E-state index contributed by atoms with van der Waals surface area (Å²) in [6, 6.07) is 4.67. The van der Waals surface area contributed by atoms with Gasteiger partial charge in [-0.05, 0) is 43.4 Å². The summed E-state index contributed by atoms with van der Waals surface area (Å²) in [5, 5.41) is 0. The van der Waals surface area contributed by atoms with Crippen molar-refractivity contribution in [2.75, 3.05) is 0 Å². The first kappa shape index (κ1) is 50.2. The molecular formula is C52H99N. The van der Waals surface area contributed by atoms with E-state index in [0.717, 1.165) is 0 Å². The molecule has 0 aliphatic rings. The average molecular weight is 738 g/mol. The van der Waals surface area contributed by atoms with Crippen molar-refractivity contribution in [3.63, 3.8) is 0 Å². The number of pyridine rings is 1. The van der Waals surface area contributed by atoms with Crippen molar-refractivity contribution in [2.24, 2.45) is 0 Å². The van der Waals surface area contributed by atoms with Crippen LogP contribution in [0.3, 0.4) is 0 Å². The van der Waals surface area contributed by atoms with Gasteiger partial charge in [-0.15, -0.1) is 0 Å². The molecule has 0 N–H and O–H groups in total. The molecule has 0 aromatic carbocycles. The summed E-state index contributed by atoms with van der Waals surface area (Å²) in [4.78, 5) is 4.70. The Morgan fingerprint density at radius 2 is 0.509 bits per heavy atom. The number of hydrogen-bond donors (Lipinski definition) is 0. The second-order valence-electron chi connectivity index (χ2n) is 17.7. The monoisotopic (exact) mass is 738 g/mol. The highest BCUT2D eigenvalue weighted by molar-refractivity contribution is 5.16. The summed E-state index contributed by atoms with van der Waals surface area (Å²) in [5.41, 5.74) is 2.85. The predicted molar refractivity (Wildman–Crippen MR) is 242 cm³/mol. The van der Waals surface area contributed by atoms with Gasteiger partial charge in [0.15, 0.2) is 0 Å². The van der Waals surface area contributed by atoms with Crippen LogP contribution in [0.2, 0.25) is 0 Å². The second kappa shape index (κ2) is 43.9. The second-order valence-corrected chi connectivity index (χ2v) is 17.7. The van der Waals surface area contributed by atoms with Crippen molar-refractivity contribution < 1.29 is 0 Å². The van der Waals surface area contributed by atoms with E-state index < -0.39 is 0 Å². The molecule has 1 nitrogen and oxygen atoms in total. The molecule has 1 aromatic heterocycles.